The SMILES string of the molecule is N#Cc1ccc(-c2cccc3c2sc2ccccc23)c(-n2c3ccccc3c3ccccc32)c1. The van der Waals surface area contributed by atoms with Crippen LogP contribution in [0.2, 0.25) is 0 Å². The molecule has 0 spiro atoms. The van der Waals surface area contributed by atoms with E-state index in [1.165, 1.54) is 36.5 Å². The molecule has 0 N–H and O–H groups in total. The van der Waals surface area contributed by atoms with Gasteiger partial charge < -0.3 is 4.57 Å². The number of fused-ring (bicyclic) bond motifs is 6. The average Bonchev–Trinajstić information content (AvgIpc) is 3.44. The van der Waals surface area contributed by atoms with Crippen molar-refractivity contribution in [1.29, 1.82) is 5.26 Å². The minimum atomic E-state index is 0.657. The fourth-order valence-corrected chi connectivity index (χ4v) is 6.39. The summed E-state index contributed by atoms with van der Waals surface area (Å²) in [6.07, 6.45) is 0. The molecule has 0 atom stereocenters. The van der Waals surface area contributed by atoms with Gasteiger partial charge in [0.05, 0.1) is 28.4 Å². The van der Waals surface area contributed by atoms with Crippen molar-refractivity contribution in [3.63, 3.8) is 0 Å². The molecule has 0 aliphatic heterocycles. The van der Waals surface area contributed by atoms with Gasteiger partial charge in [0, 0.05) is 42.1 Å². The molecule has 0 saturated carbocycles. The summed E-state index contributed by atoms with van der Waals surface area (Å²) in [5.41, 5.74) is 6.29. The van der Waals surface area contributed by atoms with Crippen molar-refractivity contribution in [2.75, 3.05) is 0 Å². The van der Waals surface area contributed by atoms with Crippen molar-refractivity contribution in [2.24, 2.45) is 0 Å². The van der Waals surface area contributed by atoms with Crippen LogP contribution in [-0.2, 0) is 0 Å². The first-order chi connectivity index (χ1) is 16.8. The van der Waals surface area contributed by atoms with E-state index in [0.29, 0.717) is 5.56 Å². The quantitative estimate of drug-likeness (QED) is 0.259. The zero-order valence-corrected chi connectivity index (χ0v) is 19.0. The Labute approximate surface area is 200 Å². The first kappa shape index (κ1) is 19.1. The predicted octanol–water partition coefficient (Wildman–Crippen LogP) is 8.69. The third-order valence-electron chi connectivity index (χ3n) is 6.64. The van der Waals surface area contributed by atoms with Crippen molar-refractivity contribution < 1.29 is 0 Å². The van der Waals surface area contributed by atoms with Crippen molar-refractivity contribution in [3.05, 3.63) is 115 Å². The molecule has 2 heterocycles. The summed E-state index contributed by atoms with van der Waals surface area (Å²) in [7, 11) is 0. The minimum absolute atomic E-state index is 0.657. The van der Waals surface area contributed by atoms with Gasteiger partial charge in [0.2, 0.25) is 0 Å². The highest BCUT2D eigenvalue weighted by Crippen LogP contribution is 2.43. The molecule has 5 aromatic carbocycles. The fraction of sp³-hybridized carbons (Fsp3) is 0. The Morgan fingerprint density at radius 2 is 1.24 bits per heavy atom. The second kappa shape index (κ2) is 7.31. The Kier molecular flexibility index (Phi) is 4.11. The number of aromatic nitrogens is 1. The number of para-hydroxylation sites is 2. The van der Waals surface area contributed by atoms with E-state index in [1.54, 1.807) is 0 Å². The van der Waals surface area contributed by atoms with Crippen molar-refractivity contribution >= 4 is 53.3 Å². The van der Waals surface area contributed by atoms with Crippen LogP contribution in [0.1, 0.15) is 5.56 Å². The van der Waals surface area contributed by atoms with E-state index in [1.807, 2.05) is 23.5 Å². The van der Waals surface area contributed by atoms with Crippen LogP contribution >= 0.6 is 11.3 Å². The van der Waals surface area contributed by atoms with Crippen LogP contribution in [-0.4, -0.2) is 4.57 Å². The van der Waals surface area contributed by atoms with Crippen molar-refractivity contribution in [3.8, 4) is 22.9 Å². The maximum atomic E-state index is 9.76. The highest BCUT2D eigenvalue weighted by molar-refractivity contribution is 7.26. The molecule has 7 rings (SSSR count). The molecule has 3 heteroatoms. The summed E-state index contributed by atoms with van der Waals surface area (Å²) < 4.78 is 4.87. The number of thiophene rings is 1. The lowest BCUT2D eigenvalue weighted by atomic mass is 9.99. The highest BCUT2D eigenvalue weighted by atomic mass is 32.1. The number of hydrogen-bond donors (Lipinski definition) is 0. The number of nitrogens with zero attached hydrogens (tertiary/aromatic N) is 2. The molecule has 0 aliphatic carbocycles. The van der Waals surface area contributed by atoms with Gasteiger partial charge in [0.25, 0.3) is 0 Å². The van der Waals surface area contributed by atoms with Crippen LogP contribution in [0.4, 0.5) is 0 Å². The van der Waals surface area contributed by atoms with E-state index < -0.39 is 0 Å². The van der Waals surface area contributed by atoms with Crippen LogP contribution in [0, 0.1) is 11.3 Å². The van der Waals surface area contributed by atoms with Gasteiger partial charge in [-0.25, -0.2) is 0 Å². The molecule has 0 amide bonds. The summed E-state index contributed by atoms with van der Waals surface area (Å²) in [6, 6.07) is 40.6. The van der Waals surface area contributed by atoms with Gasteiger partial charge in [-0.1, -0.05) is 78.9 Å². The lowest BCUT2D eigenvalue weighted by molar-refractivity contribution is 1.18. The number of rotatable bonds is 2. The lowest BCUT2D eigenvalue weighted by Crippen LogP contribution is -1.98. The summed E-state index contributed by atoms with van der Waals surface area (Å²) in [5.74, 6) is 0. The normalized spacial score (nSPS) is 11.5. The largest absolute Gasteiger partial charge is 0.309 e. The molecular formula is C31H18N2S. The summed E-state index contributed by atoms with van der Waals surface area (Å²) in [6.45, 7) is 0. The maximum Gasteiger partial charge on any atom is 0.0992 e. The third kappa shape index (κ3) is 2.67. The predicted molar refractivity (Wildman–Crippen MR) is 144 cm³/mol. The molecule has 2 aromatic heterocycles. The maximum absolute atomic E-state index is 9.76. The third-order valence-corrected chi connectivity index (χ3v) is 7.86. The van der Waals surface area contributed by atoms with E-state index in [9.17, 15) is 5.26 Å². The van der Waals surface area contributed by atoms with Gasteiger partial charge in [0.1, 0.15) is 0 Å². The average molecular weight is 451 g/mol. The second-order valence-electron chi connectivity index (χ2n) is 8.49. The smallest absolute Gasteiger partial charge is 0.0992 e. The van der Waals surface area contributed by atoms with Gasteiger partial charge in [-0.2, -0.15) is 5.26 Å². The Bertz CT molecular complexity index is 1880. The number of hydrogen-bond acceptors (Lipinski definition) is 2. The van der Waals surface area contributed by atoms with Gasteiger partial charge in [-0.15, -0.1) is 11.3 Å². The second-order valence-corrected chi connectivity index (χ2v) is 9.55. The summed E-state index contributed by atoms with van der Waals surface area (Å²) in [5, 5.41) is 14.7. The number of benzene rings is 5. The van der Waals surface area contributed by atoms with Crippen LogP contribution in [0.25, 0.3) is 58.8 Å². The van der Waals surface area contributed by atoms with E-state index >= 15 is 0 Å². The van der Waals surface area contributed by atoms with E-state index in [-0.39, 0.29) is 0 Å². The Morgan fingerprint density at radius 3 is 1.97 bits per heavy atom. The summed E-state index contributed by atoms with van der Waals surface area (Å²) >= 11 is 1.83. The zero-order valence-electron chi connectivity index (χ0n) is 18.2. The standard InChI is InChI=1S/C31H18N2S/c32-19-20-16-17-23(25-11-7-12-26-24-10-3-6-15-30(24)34-31(25)26)29(18-20)33-27-13-4-1-8-21(27)22-9-2-5-14-28(22)33/h1-18H. The topological polar surface area (TPSA) is 28.7 Å². The Hall–Kier alpha value is -4.39. The van der Waals surface area contributed by atoms with Crippen LogP contribution in [0.5, 0.6) is 0 Å². The highest BCUT2D eigenvalue weighted by Gasteiger charge is 2.18. The van der Waals surface area contributed by atoms with Crippen molar-refractivity contribution in [1.82, 2.24) is 4.57 Å². The molecule has 34 heavy (non-hydrogen) atoms. The van der Waals surface area contributed by atoms with E-state index in [4.69, 9.17) is 0 Å². The molecule has 0 fully saturated rings. The van der Waals surface area contributed by atoms with Gasteiger partial charge in [0.15, 0.2) is 0 Å². The monoisotopic (exact) mass is 450 g/mol. The first-order valence-corrected chi connectivity index (χ1v) is 12.1. The molecular weight excluding hydrogens is 432 g/mol. The molecule has 2 nitrogen and oxygen atoms in total. The van der Waals surface area contributed by atoms with Crippen LogP contribution in [0.3, 0.4) is 0 Å². The first-order valence-electron chi connectivity index (χ1n) is 11.3. The molecule has 158 valence electrons. The molecule has 0 saturated heterocycles. The number of nitriles is 1. The molecule has 0 aliphatic rings. The van der Waals surface area contributed by atoms with Crippen LogP contribution < -0.4 is 0 Å². The van der Waals surface area contributed by atoms with Gasteiger partial charge in [-0.3, -0.25) is 0 Å². The van der Waals surface area contributed by atoms with Gasteiger partial charge in [-0.05, 0) is 30.3 Å². The summed E-state index contributed by atoms with van der Waals surface area (Å²) in [4.78, 5) is 0. The minimum Gasteiger partial charge on any atom is -0.309 e. The lowest BCUT2D eigenvalue weighted by Gasteiger charge is -2.15. The molecule has 0 bridgehead atoms. The molecule has 0 radical (unpaired) electrons. The Balaban J connectivity index is 1.63. The van der Waals surface area contributed by atoms with Crippen LogP contribution in [0.15, 0.2) is 109 Å². The molecule has 0 unspecified atom stereocenters. The fourth-order valence-electron chi connectivity index (χ4n) is 5.16. The molecule has 7 aromatic rings. The van der Waals surface area contributed by atoms with Crippen molar-refractivity contribution in [2.45, 2.75) is 0 Å². The van der Waals surface area contributed by atoms with Gasteiger partial charge >= 0.3 is 0 Å². The van der Waals surface area contributed by atoms with E-state index in [0.717, 1.165) is 22.3 Å². The zero-order chi connectivity index (χ0) is 22.6. The Morgan fingerprint density at radius 1 is 0.588 bits per heavy atom. The van der Waals surface area contributed by atoms with E-state index in [2.05, 4.69) is 108 Å².